The topological polar surface area (TPSA) is 30.0 Å². The Balaban J connectivity index is 2.68. The second kappa shape index (κ2) is 5.05. The van der Waals surface area contributed by atoms with E-state index in [0.29, 0.717) is 33.0 Å². The van der Waals surface area contributed by atoms with Gasteiger partial charge in [-0.3, -0.25) is 4.79 Å². The third kappa shape index (κ3) is 2.44. The van der Waals surface area contributed by atoms with Crippen LogP contribution in [0.5, 0.6) is 0 Å². The van der Waals surface area contributed by atoms with Crippen LogP contribution in [0.3, 0.4) is 0 Å². The van der Waals surface area contributed by atoms with E-state index in [1.807, 2.05) is 0 Å². The maximum Gasteiger partial charge on any atom is 0.150 e. The summed E-state index contributed by atoms with van der Waals surface area (Å²) in [7, 11) is 0. The van der Waals surface area contributed by atoms with Crippen molar-refractivity contribution in [3.8, 4) is 11.1 Å². The third-order valence-corrected chi connectivity index (χ3v) is 3.30. The summed E-state index contributed by atoms with van der Waals surface area (Å²) in [6, 6.07) is 6.69. The van der Waals surface area contributed by atoms with E-state index >= 15 is 0 Å². The van der Waals surface area contributed by atoms with Crippen molar-refractivity contribution in [1.29, 1.82) is 0 Å². The quantitative estimate of drug-likeness (QED) is 0.600. The Morgan fingerprint density at radius 2 is 1.88 bits per heavy atom. The fourth-order valence-electron chi connectivity index (χ4n) is 1.48. The molecule has 0 aliphatic rings. The number of hydrogen-bond donors (Lipinski definition) is 0. The lowest BCUT2D eigenvalue weighted by Gasteiger charge is -2.08. The van der Waals surface area contributed by atoms with Gasteiger partial charge in [-0.05, 0) is 12.1 Å². The van der Waals surface area contributed by atoms with E-state index in [0.717, 1.165) is 0 Å². The van der Waals surface area contributed by atoms with Crippen molar-refractivity contribution in [2.45, 2.75) is 0 Å². The highest BCUT2D eigenvalue weighted by Crippen LogP contribution is 2.34. The fourth-order valence-corrected chi connectivity index (χ4v) is 2.05. The summed E-state index contributed by atoms with van der Waals surface area (Å²) in [5.41, 5.74) is 1.69. The van der Waals surface area contributed by atoms with Gasteiger partial charge in [0.25, 0.3) is 0 Å². The predicted molar refractivity (Wildman–Crippen MR) is 70.1 cm³/mol. The van der Waals surface area contributed by atoms with Crippen LogP contribution in [0.15, 0.2) is 30.5 Å². The molecule has 0 aliphatic carbocycles. The zero-order valence-electron chi connectivity index (χ0n) is 8.45. The molecule has 2 aromatic rings. The Bertz CT molecular complexity index is 584. The highest BCUT2D eigenvalue weighted by Gasteiger charge is 2.11. The van der Waals surface area contributed by atoms with Crippen LogP contribution in [0.25, 0.3) is 11.1 Å². The number of hydrogen-bond acceptors (Lipinski definition) is 2. The van der Waals surface area contributed by atoms with Gasteiger partial charge in [-0.2, -0.15) is 0 Å². The van der Waals surface area contributed by atoms with E-state index < -0.39 is 0 Å². The summed E-state index contributed by atoms with van der Waals surface area (Å²) in [5.74, 6) is 0. The van der Waals surface area contributed by atoms with E-state index in [2.05, 4.69) is 4.98 Å². The molecule has 0 amide bonds. The standard InChI is InChI=1S/C12H6Cl3NO/c13-10-3-1-2-8(12(10)15)9-5-16-11(14)4-7(9)6-17/h1-6H. The Morgan fingerprint density at radius 1 is 1.12 bits per heavy atom. The van der Waals surface area contributed by atoms with E-state index in [1.54, 1.807) is 18.2 Å². The highest BCUT2D eigenvalue weighted by atomic mass is 35.5. The van der Waals surface area contributed by atoms with Crippen molar-refractivity contribution in [2.75, 3.05) is 0 Å². The highest BCUT2D eigenvalue weighted by molar-refractivity contribution is 6.43. The van der Waals surface area contributed by atoms with E-state index in [4.69, 9.17) is 34.8 Å². The number of benzene rings is 1. The summed E-state index contributed by atoms with van der Waals surface area (Å²) in [5, 5.41) is 1.08. The van der Waals surface area contributed by atoms with Crippen LogP contribution in [0.4, 0.5) is 0 Å². The van der Waals surface area contributed by atoms with Gasteiger partial charge < -0.3 is 0 Å². The number of aromatic nitrogens is 1. The summed E-state index contributed by atoms with van der Waals surface area (Å²) in [6.07, 6.45) is 2.21. The van der Waals surface area contributed by atoms with Crippen LogP contribution in [-0.2, 0) is 0 Å². The van der Waals surface area contributed by atoms with Gasteiger partial charge in [0, 0.05) is 22.9 Å². The van der Waals surface area contributed by atoms with Crippen molar-refractivity contribution in [2.24, 2.45) is 0 Å². The first-order chi connectivity index (χ1) is 8.13. The molecule has 0 unspecified atom stereocenters. The summed E-state index contributed by atoms with van der Waals surface area (Å²) < 4.78 is 0. The molecular formula is C12H6Cl3NO. The number of carbonyl (C=O) groups is 1. The van der Waals surface area contributed by atoms with Gasteiger partial charge in [-0.15, -0.1) is 0 Å². The molecule has 86 valence electrons. The second-order valence-corrected chi connectivity index (χ2v) is 4.49. The van der Waals surface area contributed by atoms with Gasteiger partial charge in [0.15, 0.2) is 6.29 Å². The number of nitrogens with zero attached hydrogens (tertiary/aromatic N) is 1. The zero-order chi connectivity index (χ0) is 12.4. The Morgan fingerprint density at radius 3 is 2.59 bits per heavy atom. The lowest BCUT2D eigenvalue weighted by molar-refractivity contribution is 0.112. The van der Waals surface area contributed by atoms with Gasteiger partial charge in [-0.1, -0.05) is 46.9 Å². The molecule has 0 N–H and O–H groups in total. The monoisotopic (exact) mass is 285 g/mol. The molecule has 1 aromatic heterocycles. The van der Waals surface area contributed by atoms with Crippen LogP contribution < -0.4 is 0 Å². The molecule has 0 aliphatic heterocycles. The Labute approximate surface area is 113 Å². The molecule has 5 heteroatoms. The van der Waals surface area contributed by atoms with Crippen molar-refractivity contribution in [3.63, 3.8) is 0 Å². The van der Waals surface area contributed by atoms with Crippen LogP contribution >= 0.6 is 34.8 Å². The lowest BCUT2D eigenvalue weighted by atomic mass is 10.0. The van der Waals surface area contributed by atoms with Gasteiger partial charge in [0.1, 0.15) is 5.15 Å². The molecule has 17 heavy (non-hydrogen) atoms. The van der Waals surface area contributed by atoms with Gasteiger partial charge in [-0.25, -0.2) is 4.98 Å². The maximum atomic E-state index is 11.0. The number of pyridine rings is 1. The van der Waals surface area contributed by atoms with Crippen molar-refractivity contribution in [3.05, 3.63) is 51.2 Å². The number of rotatable bonds is 2. The first-order valence-corrected chi connectivity index (χ1v) is 5.82. The first kappa shape index (κ1) is 12.4. The zero-order valence-corrected chi connectivity index (χ0v) is 10.7. The number of halogens is 3. The van der Waals surface area contributed by atoms with Crippen molar-refractivity contribution in [1.82, 2.24) is 4.98 Å². The molecule has 0 saturated carbocycles. The molecule has 0 fully saturated rings. The normalized spacial score (nSPS) is 10.3. The summed E-state index contributed by atoms with van der Waals surface area (Å²) in [6.45, 7) is 0. The molecule has 2 nitrogen and oxygen atoms in total. The molecule has 2 rings (SSSR count). The average molecular weight is 287 g/mol. The Hall–Kier alpha value is -1.09. The first-order valence-electron chi connectivity index (χ1n) is 4.68. The van der Waals surface area contributed by atoms with Gasteiger partial charge in [0.2, 0.25) is 0 Å². The largest absolute Gasteiger partial charge is 0.298 e. The molecule has 1 heterocycles. The molecule has 0 bridgehead atoms. The van der Waals surface area contributed by atoms with E-state index in [9.17, 15) is 4.79 Å². The molecule has 1 aromatic carbocycles. The van der Waals surface area contributed by atoms with Crippen LogP contribution in [0, 0.1) is 0 Å². The third-order valence-electron chi connectivity index (χ3n) is 2.27. The minimum atomic E-state index is 0.258. The molecule has 0 spiro atoms. The summed E-state index contributed by atoms with van der Waals surface area (Å²) >= 11 is 17.7. The van der Waals surface area contributed by atoms with Crippen LogP contribution in [-0.4, -0.2) is 11.3 Å². The van der Waals surface area contributed by atoms with Gasteiger partial charge in [0.05, 0.1) is 10.0 Å². The minimum Gasteiger partial charge on any atom is -0.298 e. The smallest absolute Gasteiger partial charge is 0.150 e. The van der Waals surface area contributed by atoms with E-state index in [1.165, 1.54) is 12.3 Å². The van der Waals surface area contributed by atoms with Gasteiger partial charge >= 0.3 is 0 Å². The maximum absolute atomic E-state index is 11.0. The Kier molecular flexibility index (Phi) is 3.67. The molecule has 0 saturated heterocycles. The SMILES string of the molecule is O=Cc1cc(Cl)ncc1-c1cccc(Cl)c1Cl. The van der Waals surface area contributed by atoms with Crippen LogP contribution in [0.1, 0.15) is 10.4 Å². The molecule has 0 radical (unpaired) electrons. The number of aldehydes is 1. The average Bonchev–Trinajstić information content (AvgIpc) is 2.33. The van der Waals surface area contributed by atoms with Crippen molar-refractivity contribution >= 4 is 41.1 Å². The lowest BCUT2D eigenvalue weighted by Crippen LogP contribution is -1.91. The molecule has 0 atom stereocenters. The van der Waals surface area contributed by atoms with Crippen LogP contribution in [0.2, 0.25) is 15.2 Å². The fraction of sp³-hybridized carbons (Fsp3) is 0. The van der Waals surface area contributed by atoms with Crippen molar-refractivity contribution < 1.29 is 4.79 Å². The minimum absolute atomic E-state index is 0.258. The second-order valence-electron chi connectivity index (χ2n) is 3.31. The predicted octanol–water partition coefficient (Wildman–Crippen LogP) is 4.52. The summed E-state index contributed by atoms with van der Waals surface area (Å²) in [4.78, 5) is 14.9. The number of carbonyl (C=O) groups excluding carboxylic acids is 1. The molecular weight excluding hydrogens is 280 g/mol. The van der Waals surface area contributed by atoms with E-state index in [-0.39, 0.29) is 5.15 Å².